The summed E-state index contributed by atoms with van der Waals surface area (Å²) in [6, 6.07) is 14.9. The van der Waals surface area contributed by atoms with Crippen LogP contribution in [0.2, 0.25) is 0 Å². The van der Waals surface area contributed by atoms with Crippen LogP contribution in [0, 0.1) is 0 Å². The fraction of sp³-hybridized carbons (Fsp3) is 0.130. The second kappa shape index (κ2) is 8.80. The molecule has 0 aliphatic rings. The number of aryl methyl sites for hydroxylation is 1. The molecule has 5 aromatic rings. The number of carbonyl (C=O) groups excluding carboxylic acids is 1. The maximum Gasteiger partial charge on any atom is 0.332 e. The number of carbonyl (C=O) groups is 1. The molecule has 2 aromatic carbocycles. The van der Waals surface area contributed by atoms with Gasteiger partial charge in [0, 0.05) is 29.8 Å². The van der Waals surface area contributed by atoms with Crippen LogP contribution in [0.15, 0.2) is 75.1 Å². The minimum Gasteiger partial charge on any atom is -0.325 e. The number of nitrogens with zero attached hydrogens (tertiary/aromatic N) is 7. The van der Waals surface area contributed by atoms with Crippen LogP contribution in [0.3, 0.4) is 0 Å². The highest BCUT2D eigenvalue weighted by molar-refractivity contribution is 9.10. The fourth-order valence-corrected chi connectivity index (χ4v) is 4.21. The van der Waals surface area contributed by atoms with Crippen molar-refractivity contribution in [3.63, 3.8) is 0 Å². The predicted octanol–water partition coefficient (Wildman–Crippen LogP) is 2.08. The van der Waals surface area contributed by atoms with Gasteiger partial charge in [0.05, 0.1) is 18.2 Å². The van der Waals surface area contributed by atoms with Crippen molar-refractivity contribution in [1.29, 1.82) is 0 Å². The number of hydrogen-bond acceptors (Lipinski definition) is 6. The van der Waals surface area contributed by atoms with E-state index < -0.39 is 11.2 Å². The number of para-hydroxylation sites is 1. The van der Waals surface area contributed by atoms with E-state index in [0.29, 0.717) is 11.4 Å². The van der Waals surface area contributed by atoms with Crippen molar-refractivity contribution in [2.75, 3.05) is 5.32 Å². The van der Waals surface area contributed by atoms with Crippen LogP contribution in [0.5, 0.6) is 0 Å². The molecule has 0 radical (unpaired) electrons. The van der Waals surface area contributed by atoms with Crippen LogP contribution in [0.4, 0.5) is 5.69 Å². The van der Waals surface area contributed by atoms with Gasteiger partial charge in [0.2, 0.25) is 5.91 Å². The van der Waals surface area contributed by atoms with Crippen LogP contribution >= 0.6 is 15.9 Å². The normalized spacial score (nSPS) is 11.2. The van der Waals surface area contributed by atoms with Crippen LogP contribution in [0.25, 0.3) is 28.1 Å². The molecule has 0 spiro atoms. The van der Waals surface area contributed by atoms with E-state index in [1.807, 2.05) is 42.6 Å². The zero-order valence-corrected chi connectivity index (χ0v) is 20.3. The first-order valence-corrected chi connectivity index (χ1v) is 11.3. The van der Waals surface area contributed by atoms with Crippen molar-refractivity contribution in [2.24, 2.45) is 14.1 Å². The fourth-order valence-electron chi connectivity index (χ4n) is 3.75. The molecule has 0 saturated carbocycles. The van der Waals surface area contributed by atoms with Gasteiger partial charge in [-0.15, -0.1) is 5.10 Å². The number of imidazole rings is 1. The molecule has 0 unspecified atom stereocenters. The molecule has 0 aliphatic carbocycles. The number of rotatable bonds is 5. The topological polar surface area (TPSA) is 122 Å². The molecular weight excluding hydrogens is 516 g/mol. The number of amides is 1. The number of nitrogens with one attached hydrogen (secondary N) is 1. The zero-order valence-electron chi connectivity index (χ0n) is 18.7. The Morgan fingerprint density at radius 2 is 1.77 bits per heavy atom. The van der Waals surface area contributed by atoms with Gasteiger partial charge < -0.3 is 9.88 Å². The van der Waals surface area contributed by atoms with Gasteiger partial charge in [-0.1, -0.05) is 29.5 Å². The van der Waals surface area contributed by atoms with Crippen LogP contribution < -0.4 is 16.6 Å². The van der Waals surface area contributed by atoms with Gasteiger partial charge in [0.1, 0.15) is 12.2 Å². The van der Waals surface area contributed by atoms with Gasteiger partial charge in [0.25, 0.3) is 5.56 Å². The highest BCUT2D eigenvalue weighted by atomic mass is 79.9. The molecule has 0 bridgehead atoms. The Morgan fingerprint density at radius 3 is 2.51 bits per heavy atom. The van der Waals surface area contributed by atoms with E-state index in [2.05, 4.69) is 36.5 Å². The Balaban J connectivity index is 1.32. The molecular formula is C23H19BrN8O3. The molecule has 3 aromatic heterocycles. The quantitative estimate of drug-likeness (QED) is 0.368. The molecule has 1 amide bonds. The largest absolute Gasteiger partial charge is 0.332 e. The number of benzene rings is 2. The summed E-state index contributed by atoms with van der Waals surface area (Å²) >= 11 is 3.51. The summed E-state index contributed by atoms with van der Waals surface area (Å²) in [5.41, 5.74) is 2.41. The number of aromatic nitrogens is 7. The second-order valence-electron chi connectivity index (χ2n) is 7.88. The first-order chi connectivity index (χ1) is 16.8. The molecule has 12 heteroatoms. The molecule has 3 heterocycles. The summed E-state index contributed by atoms with van der Waals surface area (Å²) in [5, 5.41) is 11.2. The molecule has 176 valence electrons. The van der Waals surface area contributed by atoms with E-state index in [1.54, 1.807) is 16.8 Å². The molecule has 0 saturated heterocycles. The van der Waals surface area contributed by atoms with Crippen molar-refractivity contribution in [1.82, 2.24) is 33.7 Å². The molecule has 0 fully saturated rings. The smallest absolute Gasteiger partial charge is 0.325 e. The van der Waals surface area contributed by atoms with Crippen LogP contribution in [0.1, 0.15) is 0 Å². The first kappa shape index (κ1) is 22.5. The lowest BCUT2D eigenvalue weighted by Crippen LogP contribution is -2.37. The number of fused-ring (bicyclic) bond motifs is 1. The van der Waals surface area contributed by atoms with E-state index in [9.17, 15) is 14.4 Å². The summed E-state index contributed by atoms with van der Waals surface area (Å²) < 4.78 is 6.28. The zero-order chi connectivity index (χ0) is 24.7. The third-order valence-corrected chi connectivity index (χ3v) is 6.26. The molecule has 0 aliphatic heterocycles. The van der Waals surface area contributed by atoms with Crippen molar-refractivity contribution >= 4 is 38.7 Å². The van der Waals surface area contributed by atoms with E-state index in [4.69, 9.17) is 0 Å². The lowest BCUT2D eigenvalue weighted by atomic mass is 10.1. The van der Waals surface area contributed by atoms with Gasteiger partial charge in [-0.2, -0.15) is 0 Å². The average Bonchev–Trinajstić information content (AvgIpc) is 3.50. The van der Waals surface area contributed by atoms with Crippen LogP contribution in [-0.2, 0) is 25.4 Å². The summed E-state index contributed by atoms with van der Waals surface area (Å²) in [5.74, 6) is -0.340. The minimum absolute atomic E-state index is 0.133. The van der Waals surface area contributed by atoms with Crippen molar-refractivity contribution in [3.8, 4) is 16.9 Å². The summed E-state index contributed by atoms with van der Waals surface area (Å²) in [7, 11) is 2.92. The van der Waals surface area contributed by atoms with Crippen molar-refractivity contribution in [2.45, 2.75) is 6.54 Å². The Hall–Kier alpha value is -4.32. The molecule has 1 N–H and O–H groups in total. The lowest BCUT2D eigenvalue weighted by Gasteiger charge is -2.08. The van der Waals surface area contributed by atoms with Crippen molar-refractivity contribution in [3.05, 3.63) is 86.4 Å². The summed E-state index contributed by atoms with van der Waals surface area (Å²) in [4.78, 5) is 41.4. The maximum absolute atomic E-state index is 12.7. The van der Waals surface area contributed by atoms with E-state index in [1.165, 1.54) is 29.6 Å². The van der Waals surface area contributed by atoms with Crippen LogP contribution in [-0.4, -0.2) is 39.6 Å². The summed E-state index contributed by atoms with van der Waals surface area (Å²) in [6.45, 7) is -0.133. The SMILES string of the molecule is Cn1c(=O)c2c(ncn2CC(=O)Nc2ccc(-c3cn(-c4ccccc4Br)nn3)cc2)n(C)c1=O. The lowest BCUT2D eigenvalue weighted by molar-refractivity contribution is -0.116. The average molecular weight is 535 g/mol. The maximum atomic E-state index is 12.7. The van der Waals surface area contributed by atoms with Gasteiger partial charge >= 0.3 is 5.69 Å². The Morgan fingerprint density at radius 1 is 1.03 bits per heavy atom. The second-order valence-corrected chi connectivity index (χ2v) is 8.73. The molecule has 11 nitrogen and oxygen atoms in total. The third-order valence-electron chi connectivity index (χ3n) is 5.59. The Bertz CT molecular complexity index is 1690. The molecule has 5 rings (SSSR count). The van der Waals surface area contributed by atoms with E-state index in [-0.39, 0.29) is 23.6 Å². The van der Waals surface area contributed by atoms with Gasteiger partial charge in [-0.05, 0) is 40.2 Å². The highest BCUT2D eigenvalue weighted by Crippen LogP contribution is 2.23. The molecule has 35 heavy (non-hydrogen) atoms. The minimum atomic E-state index is -0.506. The van der Waals surface area contributed by atoms with Gasteiger partial charge in [-0.25, -0.2) is 14.5 Å². The van der Waals surface area contributed by atoms with Gasteiger partial charge in [0.15, 0.2) is 11.2 Å². The van der Waals surface area contributed by atoms with E-state index >= 15 is 0 Å². The van der Waals surface area contributed by atoms with E-state index in [0.717, 1.165) is 20.3 Å². The third kappa shape index (κ3) is 4.08. The Kier molecular flexibility index (Phi) is 5.65. The number of hydrogen-bond donors (Lipinski definition) is 1. The van der Waals surface area contributed by atoms with Crippen molar-refractivity contribution < 1.29 is 4.79 Å². The standard InChI is InChI=1S/C23H19BrN8O3/c1-29-21-20(22(34)30(2)23(29)35)31(13-25-21)12-19(33)26-15-9-7-14(8-10-15)17-11-32(28-27-17)18-6-4-3-5-16(18)24/h3-11,13H,12H2,1-2H3,(H,26,33). The highest BCUT2D eigenvalue weighted by Gasteiger charge is 2.16. The predicted molar refractivity (Wildman–Crippen MR) is 133 cm³/mol. The Labute approximate surface area is 206 Å². The van der Waals surface area contributed by atoms with Gasteiger partial charge in [-0.3, -0.25) is 18.7 Å². The monoisotopic (exact) mass is 534 g/mol. The first-order valence-electron chi connectivity index (χ1n) is 10.5. The summed E-state index contributed by atoms with van der Waals surface area (Å²) in [6.07, 6.45) is 3.20. The number of halogens is 1. The molecule has 0 atom stereocenters. The number of anilines is 1.